The third kappa shape index (κ3) is 3.73. The zero-order chi connectivity index (χ0) is 14.9. The van der Waals surface area contributed by atoms with Crippen molar-refractivity contribution < 1.29 is 17.5 Å². The van der Waals surface area contributed by atoms with E-state index in [4.69, 9.17) is 38.6 Å². The summed E-state index contributed by atoms with van der Waals surface area (Å²) in [6.45, 7) is 0. The van der Waals surface area contributed by atoms with E-state index in [0.29, 0.717) is 0 Å². The summed E-state index contributed by atoms with van der Waals surface area (Å²) in [5, 5.41) is 0.153. The Kier molecular flexibility index (Phi) is 4.39. The van der Waals surface area contributed by atoms with Crippen LogP contribution < -0.4 is 4.74 Å². The van der Waals surface area contributed by atoms with Crippen LogP contribution in [-0.2, 0) is 9.05 Å². The first kappa shape index (κ1) is 15.3. The smallest absolute Gasteiger partial charge is 0.261 e. The van der Waals surface area contributed by atoms with Gasteiger partial charge in [-0.1, -0.05) is 23.2 Å². The molecule has 20 heavy (non-hydrogen) atoms. The number of halogens is 4. The molecule has 0 aliphatic heterocycles. The minimum absolute atomic E-state index is 0.0767. The average molecular weight is 357 g/mol. The molecule has 0 aliphatic carbocycles. The van der Waals surface area contributed by atoms with Gasteiger partial charge < -0.3 is 4.74 Å². The van der Waals surface area contributed by atoms with Gasteiger partial charge in [0, 0.05) is 22.8 Å². The summed E-state index contributed by atoms with van der Waals surface area (Å²) in [5.41, 5.74) is 0. The van der Waals surface area contributed by atoms with Gasteiger partial charge in [-0.2, -0.15) is 0 Å². The fraction of sp³-hybridized carbons (Fsp3) is 0. The molecule has 9 heteroatoms. The number of hydrogen-bond donors (Lipinski definition) is 0. The maximum atomic E-state index is 13.7. The number of hydrogen-bond acceptors (Lipinski definition) is 4. The molecule has 1 heterocycles. The maximum Gasteiger partial charge on any atom is 0.261 e. The molecule has 0 atom stereocenters. The Hall–Kier alpha value is -1.08. The van der Waals surface area contributed by atoms with E-state index < -0.39 is 14.9 Å². The fourth-order valence-corrected chi connectivity index (χ4v) is 2.55. The van der Waals surface area contributed by atoms with E-state index in [1.54, 1.807) is 0 Å². The molecule has 4 nitrogen and oxygen atoms in total. The molecular formula is C11H5Cl3FNO3S. The summed E-state index contributed by atoms with van der Waals surface area (Å²) in [6, 6.07) is 5.66. The average Bonchev–Trinajstić information content (AvgIpc) is 2.29. The summed E-state index contributed by atoms with van der Waals surface area (Å²) in [4.78, 5) is 3.34. The number of rotatable bonds is 3. The van der Waals surface area contributed by atoms with Crippen molar-refractivity contribution in [2.45, 2.75) is 4.90 Å². The molecule has 0 N–H and O–H groups in total. The number of benzene rings is 1. The molecule has 0 unspecified atom stereocenters. The zero-order valence-electron chi connectivity index (χ0n) is 9.48. The van der Waals surface area contributed by atoms with Gasteiger partial charge in [0.2, 0.25) is 0 Å². The minimum atomic E-state index is -4.00. The van der Waals surface area contributed by atoms with Crippen molar-refractivity contribution >= 4 is 42.9 Å². The van der Waals surface area contributed by atoms with Crippen molar-refractivity contribution in [3.05, 3.63) is 46.5 Å². The number of ether oxygens (including phenoxy) is 1. The molecule has 1 aromatic heterocycles. The van der Waals surface area contributed by atoms with Crippen molar-refractivity contribution in [2.75, 3.05) is 0 Å². The summed E-state index contributed by atoms with van der Waals surface area (Å²) in [6.07, 6.45) is 0. The largest absolute Gasteiger partial charge is 0.454 e. The van der Waals surface area contributed by atoms with Crippen molar-refractivity contribution in [1.29, 1.82) is 0 Å². The third-order valence-electron chi connectivity index (χ3n) is 2.15. The van der Waals surface area contributed by atoms with E-state index in [0.717, 1.165) is 18.2 Å². The SMILES string of the molecule is O=S(=O)(Cl)c1ccc(Oc2cc(Cl)nc(Cl)c2)c(F)c1. The van der Waals surface area contributed by atoms with Crippen LogP contribution in [0.15, 0.2) is 35.2 Å². The van der Waals surface area contributed by atoms with Crippen molar-refractivity contribution in [3.63, 3.8) is 0 Å². The monoisotopic (exact) mass is 355 g/mol. The van der Waals surface area contributed by atoms with Gasteiger partial charge in [-0.05, 0) is 18.2 Å². The molecule has 0 amide bonds. The highest BCUT2D eigenvalue weighted by Crippen LogP contribution is 2.29. The Morgan fingerprint density at radius 3 is 2.20 bits per heavy atom. The number of nitrogens with zero attached hydrogens (tertiary/aromatic N) is 1. The first-order valence-corrected chi connectivity index (χ1v) is 8.07. The first-order chi connectivity index (χ1) is 9.25. The molecule has 0 bridgehead atoms. The highest BCUT2D eigenvalue weighted by Gasteiger charge is 2.14. The highest BCUT2D eigenvalue weighted by molar-refractivity contribution is 8.13. The minimum Gasteiger partial charge on any atom is -0.454 e. The van der Waals surface area contributed by atoms with Gasteiger partial charge in [-0.25, -0.2) is 17.8 Å². The molecule has 1 aromatic carbocycles. The van der Waals surface area contributed by atoms with Crippen LogP contribution >= 0.6 is 33.9 Å². The lowest BCUT2D eigenvalue weighted by molar-refractivity contribution is 0.440. The van der Waals surface area contributed by atoms with E-state index in [1.165, 1.54) is 12.1 Å². The van der Waals surface area contributed by atoms with Crippen LogP contribution in [0, 0.1) is 5.82 Å². The van der Waals surface area contributed by atoms with Crippen LogP contribution in [0.4, 0.5) is 4.39 Å². The Morgan fingerprint density at radius 1 is 1.10 bits per heavy atom. The molecule has 0 saturated heterocycles. The number of pyridine rings is 1. The summed E-state index contributed by atoms with van der Waals surface area (Å²) < 4.78 is 41.1. The van der Waals surface area contributed by atoms with E-state index >= 15 is 0 Å². The second kappa shape index (κ2) is 5.73. The van der Waals surface area contributed by atoms with Gasteiger partial charge in [-0.15, -0.1) is 0 Å². The van der Waals surface area contributed by atoms with Crippen molar-refractivity contribution in [3.8, 4) is 11.5 Å². The van der Waals surface area contributed by atoms with E-state index in [9.17, 15) is 12.8 Å². The predicted molar refractivity (Wildman–Crippen MR) is 73.8 cm³/mol. The molecule has 0 radical (unpaired) electrons. The molecule has 2 rings (SSSR count). The Bertz CT molecular complexity index is 747. The standard InChI is InChI=1S/C11H5Cl3FNO3S/c12-10-3-6(4-11(13)16-10)19-9-2-1-7(5-8(9)15)20(14,17)18/h1-5H. The molecule has 0 spiro atoms. The Morgan fingerprint density at radius 2 is 1.70 bits per heavy atom. The van der Waals surface area contributed by atoms with Crippen molar-refractivity contribution in [1.82, 2.24) is 4.98 Å². The molecule has 0 saturated carbocycles. The molecule has 2 aromatic rings. The molecule has 0 fully saturated rings. The van der Waals surface area contributed by atoms with E-state index in [-0.39, 0.29) is 26.7 Å². The van der Waals surface area contributed by atoms with Gasteiger partial charge in [-0.3, -0.25) is 0 Å². The topological polar surface area (TPSA) is 56.3 Å². The van der Waals surface area contributed by atoms with Crippen LogP contribution in [0.2, 0.25) is 10.3 Å². The Balaban J connectivity index is 2.35. The summed E-state index contributed by atoms with van der Waals surface area (Å²) >= 11 is 11.4. The van der Waals surface area contributed by atoms with Gasteiger partial charge in [0.1, 0.15) is 16.1 Å². The quantitative estimate of drug-likeness (QED) is 0.609. The predicted octanol–water partition coefficient (Wildman–Crippen LogP) is 4.25. The Labute approximate surface area is 128 Å². The fourth-order valence-electron chi connectivity index (χ4n) is 1.34. The lowest BCUT2D eigenvalue weighted by atomic mass is 10.3. The van der Waals surface area contributed by atoms with Crippen LogP contribution in [0.3, 0.4) is 0 Å². The molecule has 0 aliphatic rings. The van der Waals surface area contributed by atoms with Crippen LogP contribution in [0.25, 0.3) is 0 Å². The van der Waals surface area contributed by atoms with Crippen LogP contribution in [-0.4, -0.2) is 13.4 Å². The van der Waals surface area contributed by atoms with E-state index in [1.807, 2.05) is 0 Å². The molecule has 106 valence electrons. The van der Waals surface area contributed by atoms with Gasteiger partial charge >= 0.3 is 0 Å². The van der Waals surface area contributed by atoms with Gasteiger partial charge in [0.15, 0.2) is 11.6 Å². The van der Waals surface area contributed by atoms with Crippen LogP contribution in [0.1, 0.15) is 0 Å². The third-order valence-corrected chi connectivity index (χ3v) is 3.89. The van der Waals surface area contributed by atoms with Crippen LogP contribution in [0.5, 0.6) is 11.5 Å². The zero-order valence-corrected chi connectivity index (χ0v) is 12.6. The molecular weight excluding hydrogens is 352 g/mol. The van der Waals surface area contributed by atoms with Gasteiger partial charge in [0.25, 0.3) is 9.05 Å². The van der Waals surface area contributed by atoms with Gasteiger partial charge in [0.05, 0.1) is 4.90 Å². The second-order valence-electron chi connectivity index (χ2n) is 3.58. The highest BCUT2D eigenvalue weighted by atomic mass is 35.7. The summed E-state index contributed by atoms with van der Waals surface area (Å²) in [7, 11) is 1.10. The lowest BCUT2D eigenvalue weighted by Gasteiger charge is -2.08. The second-order valence-corrected chi connectivity index (χ2v) is 6.92. The number of aromatic nitrogens is 1. The van der Waals surface area contributed by atoms with E-state index in [2.05, 4.69) is 4.98 Å². The normalized spacial score (nSPS) is 11.4. The summed E-state index contributed by atoms with van der Waals surface area (Å²) in [5.74, 6) is -0.932. The maximum absolute atomic E-state index is 13.7. The first-order valence-electron chi connectivity index (χ1n) is 5.01. The van der Waals surface area contributed by atoms with Crippen molar-refractivity contribution in [2.24, 2.45) is 0 Å². The lowest BCUT2D eigenvalue weighted by Crippen LogP contribution is -1.94.